The minimum absolute atomic E-state index is 0.0384. The van der Waals surface area contributed by atoms with E-state index in [0.29, 0.717) is 5.56 Å². The van der Waals surface area contributed by atoms with Gasteiger partial charge in [-0.2, -0.15) is 0 Å². The third-order valence-electron chi connectivity index (χ3n) is 4.57. The second-order valence-corrected chi connectivity index (χ2v) is 6.54. The summed E-state index contributed by atoms with van der Waals surface area (Å²) in [6, 6.07) is 4.83. The third kappa shape index (κ3) is 2.50. The van der Waals surface area contributed by atoms with Gasteiger partial charge in [0.05, 0.1) is 4.92 Å². The molecule has 112 valence electrons. The average molecular weight is 309 g/mol. The van der Waals surface area contributed by atoms with Gasteiger partial charge >= 0.3 is 0 Å². The van der Waals surface area contributed by atoms with Crippen molar-refractivity contribution in [3.8, 4) is 0 Å². The smallest absolute Gasteiger partial charge is 0.270 e. The molecule has 2 saturated heterocycles. The van der Waals surface area contributed by atoms with Crippen LogP contribution in [0.5, 0.6) is 0 Å². The van der Waals surface area contributed by atoms with Crippen LogP contribution >= 0.6 is 11.6 Å². The van der Waals surface area contributed by atoms with E-state index in [1.165, 1.54) is 12.1 Å². The minimum atomic E-state index is -0.462. The van der Waals surface area contributed by atoms with Crippen LogP contribution in [0, 0.1) is 17.0 Å². The predicted molar refractivity (Wildman–Crippen MR) is 79.7 cm³/mol. The van der Waals surface area contributed by atoms with E-state index < -0.39 is 4.92 Å². The Hall–Kier alpha value is -1.62. The summed E-state index contributed by atoms with van der Waals surface area (Å²) in [7, 11) is 0. The lowest BCUT2D eigenvalue weighted by Crippen LogP contribution is -2.47. The van der Waals surface area contributed by atoms with Crippen molar-refractivity contribution in [3.05, 3.63) is 39.4 Å². The van der Waals surface area contributed by atoms with Crippen LogP contribution in [0.3, 0.4) is 0 Å². The molecule has 2 heterocycles. The number of hydrogen-bond acceptors (Lipinski definition) is 3. The van der Waals surface area contributed by atoms with Gasteiger partial charge in [0.25, 0.3) is 11.6 Å². The van der Waals surface area contributed by atoms with Gasteiger partial charge in [0.15, 0.2) is 0 Å². The Kier molecular flexibility index (Phi) is 3.61. The highest BCUT2D eigenvalue weighted by atomic mass is 35.5. The summed E-state index contributed by atoms with van der Waals surface area (Å²) in [4.78, 5) is 25.2. The molecule has 2 fully saturated rings. The summed E-state index contributed by atoms with van der Waals surface area (Å²) >= 11 is 6.23. The van der Waals surface area contributed by atoms with Crippen LogP contribution in [0.15, 0.2) is 18.2 Å². The van der Waals surface area contributed by atoms with Gasteiger partial charge < -0.3 is 4.90 Å². The summed E-state index contributed by atoms with van der Waals surface area (Å²) in [6.07, 6.45) is 3.59. The Morgan fingerprint density at radius 3 is 2.52 bits per heavy atom. The topological polar surface area (TPSA) is 63.5 Å². The van der Waals surface area contributed by atoms with Gasteiger partial charge in [-0.1, -0.05) is 6.07 Å². The predicted octanol–water partition coefficient (Wildman–Crippen LogP) is 3.28. The number of halogens is 1. The lowest BCUT2D eigenvalue weighted by atomic mass is 9.99. The number of piperidine rings is 1. The molecular formula is C15H17ClN2O3. The molecule has 1 aromatic rings. The van der Waals surface area contributed by atoms with Crippen molar-refractivity contribution in [2.24, 2.45) is 0 Å². The van der Waals surface area contributed by atoms with E-state index in [-0.39, 0.29) is 29.1 Å². The third-order valence-corrected chi connectivity index (χ3v) is 4.93. The first-order valence-corrected chi connectivity index (χ1v) is 7.63. The SMILES string of the molecule is Cc1ccc([N+](=O)[O-])cc1C(=O)N1C2CCC1CC(Cl)C2. The van der Waals surface area contributed by atoms with Crippen molar-refractivity contribution in [1.82, 2.24) is 4.90 Å². The molecule has 2 unspecified atom stereocenters. The van der Waals surface area contributed by atoms with Crippen LogP contribution in [0.4, 0.5) is 5.69 Å². The molecule has 0 radical (unpaired) electrons. The Morgan fingerprint density at radius 1 is 1.33 bits per heavy atom. The summed E-state index contributed by atoms with van der Waals surface area (Å²) in [5.41, 5.74) is 1.18. The molecule has 5 nitrogen and oxygen atoms in total. The van der Waals surface area contributed by atoms with Gasteiger partial charge in [0.2, 0.25) is 0 Å². The summed E-state index contributed by atoms with van der Waals surface area (Å²) < 4.78 is 0. The van der Waals surface area contributed by atoms with Gasteiger partial charge in [0, 0.05) is 35.2 Å². The van der Waals surface area contributed by atoms with Crippen molar-refractivity contribution in [3.63, 3.8) is 0 Å². The first-order valence-electron chi connectivity index (χ1n) is 7.19. The largest absolute Gasteiger partial charge is 0.333 e. The van der Waals surface area contributed by atoms with Crippen LogP contribution in [0.25, 0.3) is 0 Å². The van der Waals surface area contributed by atoms with Crippen LogP contribution in [-0.4, -0.2) is 33.2 Å². The Bertz CT molecular complexity index is 591. The quantitative estimate of drug-likeness (QED) is 0.478. The summed E-state index contributed by atoms with van der Waals surface area (Å²) in [5.74, 6) is -0.0905. The van der Waals surface area contributed by atoms with Gasteiger partial charge in [-0.25, -0.2) is 0 Å². The number of carbonyl (C=O) groups excluding carboxylic acids is 1. The number of benzene rings is 1. The molecule has 0 N–H and O–H groups in total. The second kappa shape index (κ2) is 5.30. The first-order chi connectivity index (χ1) is 9.97. The maximum Gasteiger partial charge on any atom is 0.270 e. The van der Waals surface area contributed by atoms with Gasteiger partial charge in [-0.15, -0.1) is 11.6 Å². The van der Waals surface area contributed by atoms with Crippen LogP contribution in [0.1, 0.15) is 41.6 Å². The molecule has 2 aliphatic heterocycles. The number of carbonyl (C=O) groups is 1. The number of nitro groups is 1. The van der Waals surface area contributed by atoms with E-state index in [0.717, 1.165) is 31.2 Å². The molecule has 1 aromatic carbocycles. The van der Waals surface area contributed by atoms with E-state index in [4.69, 9.17) is 11.6 Å². The fourth-order valence-corrected chi connectivity index (χ4v) is 3.95. The fourth-order valence-electron chi connectivity index (χ4n) is 3.54. The molecule has 2 bridgehead atoms. The average Bonchev–Trinajstić information content (AvgIpc) is 2.70. The number of fused-ring (bicyclic) bond motifs is 2. The number of nitrogens with zero attached hydrogens (tertiary/aromatic N) is 2. The number of non-ortho nitro benzene ring substituents is 1. The van der Waals surface area contributed by atoms with Gasteiger partial charge in [0.1, 0.15) is 0 Å². The van der Waals surface area contributed by atoms with E-state index in [9.17, 15) is 14.9 Å². The zero-order valence-electron chi connectivity index (χ0n) is 11.8. The standard InChI is InChI=1S/C15H17ClN2O3/c1-9-2-3-13(18(20)21)8-14(9)15(19)17-11-4-5-12(17)7-10(16)6-11/h2-3,8,10-12H,4-7H2,1H3. The number of alkyl halides is 1. The lowest BCUT2D eigenvalue weighted by Gasteiger charge is -2.37. The Balaban J connectivity index is 1.92. The highest BCUT2D eigenvalue weighted by Crippen LogP contribution is 2.39. The molecule has 0 aliphatic carbocycles. The van der Waals surface area contributed by atoms with Gasteiger partial charge in [-0.05, 0) is 38.2 Å². The van der Waals surface area contributed by atoms with Crippen LogP contribution in [0.2, 0.25) is 0 Å². The van der Waals surface area contributed by atoms with E-state index in [2.05, 4.69) is 0 Å². The number of nitro benzene ring substituents is 1. The van der Waals surface area contributed by atoms with E-state index >= 15 is 0 Å². The molecule has 2 aliphatic rings. The highest BCUT2D eigenvalue weighted by Gasteiger charge is 2.43. The molecule has 3 rings (SSSR count). The molecular weight excluding hydrogens is 292 g/mol. The Labute approximate surface area is 128 Å². The molecule has 2 atom stereocenters. The minimum Gasteiger partial charge on any atom is -0.333 e. The van der Waals surface area contributed by atoms with Crippen molar-refractivity contribution >= 4 is 23.2 Å². The van der Waals surface area contributed by atoms with Crippen LogP contribution < -0.4 is 0 Å². The normalized spacial score (nSPS) is 27.7. The summed E-state index contributed by atoms with van der Waals surface area (Å²) in [6.45, 7) is 1.81. The maximum atomic E-state index is 12.8. The second-order valence-electron chi connectivity index (χ2n) is 5.92. The van der Waals surface area contributed by atoms with Crippen molar-refractivity contribution in [2.75, 3.05) is 0 Å². The highest BCUT2D eigenvalue weighted by molar-refractivity contribution is 6.20. The van der Waals surface area contributed by atoms with E-state index in [1.807, 2.05) is 11.8 Å². The molecule has 0 spiro atoms. The van der Waals surface area contributed by atoms with Gasteiger partial charge in [-0.3, -0.25) is 14.9 Å². The molecule has 0 saturated carbocycles. The number of rotatable bonds is 2. The van der Waals surface area contributed by atoms with E-state index in [1.54, 1.807) is 6.07 Å². The molecule has 0 aromatic heterocycles. The molecule has 21 heavy (non-hydrogen) atoms. The number of aryl methyl sites for hydroxylation is 1. The number of amides is 1. The van der Waals surface area contributed by atoms with Crippen molar-refractivity contribution < 1.29 is 9.72 Å². The zero-order valence-corrected chi connectivity index (χ0v) is 12.5. The maximum absolute atomic E-state index is 12.8. The van der Waals surface area contributed by atoms with Crippen molar-refractivity contribution in [2.45, 2.75) is 50.1 Å². The van der Waals surface area contributed by atoms with Crippen molar-refractivity contribution in [1.29, 1.82) is 0 Å². The Morgan fingerprint density at radius 2 is 1.95 bits per heavy atom. The monoisotopic (exact) mass is 308 g/mol. The molecule has 6 heteroatoms. The fraction of sp³-hybridized carbons (Fsp3) is 0.533. The number of hydrogen-bond donors (Lipinski definition) is 0. The first kappa shape index (κ1) is 14.3. The zero-order chi connectivity index (χ0) is 15.1. The molecule has 1 amide bonds. The lowest BCUT2D eigenvalue weighted by molar-refractivity contribution is -0.384. The summed E-state index contributed by atoms with van der Waals surface area (Å²) in [5, 5.41) is 11.0. The van der Waals surface area contributed by atoms with Crippen LogP contribution in [-0.2, 0) is 0 Å².